The average molecular weight is 443 g/mol. The fraction of sp³-hybridized carbons (Fsp3) is 0.143. The highest BCUT2D eigenvalue weighted by Gasteiger charge is 2.32. The lowest BCUT2D eigenvalue weighted by atomic mass is 10.1. The van der Waals surface area contributed by atoms with Gasteiger partial charge in [0.1, 0.15) is 17.1 Å². The lowest BCUT2D eigenvalue weighted by molar-refractivity contribution is -0.571. The van der Waals surface area contributed by atoms with Gasteiger partial charge in [-0.05, 0) is 43.3 Å². The second-order valence-corrected chi connectivity index (χ2v) is 6.99. The Morgan fingerprint density at radius 1 is 1.04 bits per heavy atom. The first-order valence-electron chi connectivity index (χ1n) is 8.37. The van der Waals surface area contributed by atoms with Gasteiger partial charge in [-0.3, -0.25) is 4.79 Å². The van der Waals surface area contributed by atoms with Gasteiger partial charge in [0.2, 0.25) is 11.5 Å². The predicted molar refractivity (Wildman–Crippen MR) is 103 cm³/mol. The standard InChI is InChI=1S/C21H19N2O2S.BrH/c1-14-13-26-21-22(14)19(15(2)23(21)17-7-5-4-6-8-17)20(24)16-9-11-18(25-3)12-10-16;/h4-13H,1-3H3;1H/q+1;/p-1. The van der Waals surface area contributed by atoms with Crippen molar-refractivity contribution in [2.24, 2.45) is 0 Å². The molecule has 4 nitrogen and oxygen atoms in total. The Bertz CT molecular complexity index is 1100. The van der Waals surface area contributed by atoms with E-state index in [4.69, 9.17) is 4.74 Å². The van der Waals surface area contributed by atoms with E-state index in [0.717, 1.165) is 27.8 Å². The maximum absolute atomic E-state index is 13.3. The number of methoxy groups -OCH3 is 1. The van der Waals surface area contributed by atoms with E-state index in [9.17, 15) is 4.79 Å². The monoisotopic (exact) mass is 442 g/mol. The topological polar surface area (TPSA) is 34.6 Å². The van der Waals surface area contributed by atoms with Crippen molar-refractivity contribution in [1.29, 1.82) is 0 Å². The van der Waals surface area contributed by atoms with Crippen LogP contribution in [0.2, 0.25) is 0 Å². The van der Waals surface area contributed by atoms with Crippen LogP contribution in [-0.4, -0.2) is 17.3 Å². The molecular weight excluding hydrogens is 424 g/mol. The van der Waals surface area contributed by atoms with Gasteiger partial charge in [0.05, 0.1) is 7.11 Å². The number of rotatable bonds is 4. The summed E-state index contributed by atoms with van der Waals surface area (Å²) < 4.78 is 9.40. The van der Waals surface area contributed by atoms with Crippen molar-refractivity contribution in [2.75, 3.05) is 7.11 Å². The first-order valence-corrected chi connectivity index (χ1v) is 9.25. The first-order chi connectivity index (χ1) is 12.6. The smallest absolute Gasteiger partial charge is 0.351 e. The average Bonchev–Trinajstić information content (AvgIpc) is 3.18. The van der Waals surface area contributed by atoms with Gasteiger partial charge < -0.3 is 21.7 Å². The maximum atomic E-state index is 13.3. The SMILES string of the molecule is COc1ccc(C(=O)c2c(C)[n+](-c3ccccc3)c3scc(C)n23)cc1.[Br-]. The highest BCUT2D eigenvalue weighted by Crippen LogP contribution is 2.24. The Labute approximate surface area is 172 Å². The van der Waals surface area contributed by atoms with Gasteiger partial charge in [0.15, 0.2) is 5.69 Å². The first kappa shape index (κ1) is 19.3. The molecule has 0 atom stereocenters. The molecular formula is C21H19BrN2O2S. The Morgan fingerprint density at radius 2 is 1.70 bits per heavy atom. The summed E-state index contributed by atoms with van der Waals surface area (Å²) in [7, 11) is 1.62. The Hall–Kier alpha value is -2.44. The summed E-state index contributed by atoms with van der Waals surface area (Å²) in [6.07, 6.45) is 0. The molecule has 0 spiro atoms. The number of halogens is 1. The van der Waals surface area contributed by atoms with Crippen molar-refractivity contribution in [3.8, 4) is 11.4 Å². The Kier molecular flexibility index (Phi) is 5.48. The van der Waals surface area contributed by atoms with Crippen LogP contribution < -0.4 is 26.3 Å². The molecule has 2 aromatic carbocycles. The van der Waals surface area contributed by atoms with Crippen LogP contribution in [0.15, 0.2) is 60.0 Å². The molecule has 0 aliphatic heterocycles. The molecule has 0 N–H and O–H groups in total. The zero-order valence-corrected chi connectivity index (χ0v) is 17.7. The zero-order chi connectivity index (χ0) is 18.3. The van der Waals surface area contributed by atoms with Crippen LogP contribution in [0.1, 0.15) is 27.4 Å². The van der Waals surface area contributed by atoms with Gasteiger partial charge in [0.25, 0.3) is 0 Å². The van der Waals surface area contributed by atoms with E-state index in [1.165, 1.54) is 0 Å². The number of fused-ring (bicyclic) bond motifs is 1. The Morgan fingerprint density at radius 3 is 2.33 bits per heavy atom. The van der Waals surface area contributed by atoms with Gasteiger partial charge in [-0.2, -0.15) is 8.97 Å². The zero-order valence-electron chi connectivity index (χ0n) is 15.3. The lowest BCUT2D eigenvalue weighted by Gasteiger charge is -2.02. The summed E-state index contributed by atoms with van der Waals surface area (Å²) in [4.78, 5) is 14.3. The summed E-state index contributed by atoms with van der Waals surface area (Å²) in [5, 5.41) is 2.08. The number of imidazole rings is 1. The third-order valence-electron chi connectivity index (χ3n) is 4.55. The minimum Gasteiger partial charge on any atom is -1.00 e. The quantitative estimate of drug-likeness (QED) is 0.350. The summed E-state index contributed by atoms with van der Waals surface area (Å²) >= 11 is 1.64. The van der Waals surface area contributed by atoms with Gasteiger partial charge in [-0.15, -0.1) is 0 Å². The number of carbonyl (C=O) groups excluding carboxylic acids is 1. The number of hydrogen-bond acceptors (Lipinski definition) is 3. The van der Waals surface area contributed by atoms with Crippen molar-refractivity contribution >= 4 is 22.1 Å². The number of carbonyl (C=O) groups is 1. The molecule has 138 valence electrons. The van der Waals surface area contributed by atoms with E-state index < -0.39 is 0 Å². The van der Waals surface area contributed by atoms with Gasteiger partial charge in [-0.25, -0.2) is 0 Å². The molecule has 0 aliphatic carbocycles. The van der Waals surface area contributed by atoms with Crippen molar-refractivity contribution in [3.63, 3.8) is 0 Å². The maximum Gasteiger partial charge on any atom is 0.351 e. The number of ether oxygens (including phenoxy) is 1. The number of hydrogen-bond donors (Lipinski definition) is 0. The van der Waals surface area contributed by atoms with Crippen LogP contribution in [0.25, 0.3) is 10.6 Å². The third kappa shape index (κ3) is 3.19. The normalized spacial score (nSPS) is 10.6. The number of aryl methyl sites for hydroxylation is 1. The molecule has 4 aromatic rings. The highest BCUT2D eigenvalue weighted by molar-refractivity contribution is 7.14. The second kappa shape index (κ2) is 7.66. The van der Waals surface area contributed by atoms with E-state index in [1.807, 2.05) is 56.3 Å². The van der Waals surface area contributed by atoms with E-state index in [-0.39, 0.29) is 22.8 Å². The van der Waals surface area contributed by atoms with Gasteiger partial charge in [-0.1, -0.05) is 29.5 Å². The van der Waals surface area contributed by atoms with Crippen molar-refractivity contribution in [1.82, 2.24) is 4.40 Å². The molecule has 6 heteroatoms. The minimum absolute atomic E-state index is 0. The molecule has 0 radical (unpaired) electrons. The summed E-state index contributed by atoms with van der Waals surface area (Å²) in [5.41, 5.74) is 4.40. The molecule has 0 saturated heterocycles. The van der Waals surface area contributed by atoms with Crippen LogP contribution >= 0.6 is 11.3 Å². The molecule has 27 heavy (non-hydrogen) atoms. The lowest BCUT2D eigenvalue weighted by Crippen LogP contribution is -3.00. The van der Waals surface area contributed by atoms with E-state index in [0.29, 0.717) is 11.3 Å². The molecule has 2 aromatic heterocycles. The molecule has 0 bridgehead atoms. The molecule has 0 saturated carbocycles. The number of ketones is 1. The molecule has 2 heterocycles. The van der Waals surface area contributed by atoms with Crippen LogP contribution in [0.3, 0.4) is 0 Å². The van der Waals surface area contributed by atoms with Crippen LogP contribution in [-0.2, 0) is 0 Å². The fourth-order valence-electron chi connectivity index (χ4n) is 3.26. The second-order valence-electron chi connectivity index (χ2n) is 6.16. The fourth-order valence-corrected chi connectivity index (χ4v) is 4.33. The summed E-state index contributed by atoms with van der Waals surface area (Å²) in [6, 6.07) is 17.4. The summed E-state index contributed by atoms with van der Waals surface area (Å²) in [6.45, 7) is 4.03. The minimum atomic E-state index is 0. The van der Waals surface area contributed by atoms with E-state index >= 15 is 0 Å². The van der Waals surface area contributed by atoms with Gasteiger partial charge in [0, 0.05) is 17.9 Å². The number of thiazole rings is 1. The van der Waals surface area contributed by atoms with Crippen LogP contribution in [0.4, 0.5) is 0 Å². The molecule has 0 fully saturated rings. The number of benzene rings is 2. The number of para-hydroxylation sites is 1. The third-order valence-corrected chi connectivity index (χ3v) is 5.59. The molecule has 0 amide bonds. The van der Waals surface area contributed by atoms with Crippen LogP contribution in [0, 0.1) is 13.8 Å². The van der Waals surface area contributed by atoms with E-state index in [2.05, 4.69) is 26.5 Å². The molecule has 0 aliphatic rings. The van der Waals surface area contributed by atoms with Crippen molar-refractivity contribution in [2.45, 2.75) is 13.8 Å². The number of aromatic nitrogens is 2. The molecule has 4 rings (SSSR count). The number of nitrogens with zero attached hydrogens (tertiary/aromatic N) is 2. The van der Waals surface area contributed by atoms with Crippen molar-refractivity contribution in [3.05, 3.63) is 82.6 Å². The highest BCUT2D eigenvalue weighted by atomic mass is 79.9. The van der Waals surface area contributed by atoms with Crippen molar-refractivity contribution < 1.29 is 31.1 Å². The van der Waals surface area contributed by atoms with E-state index in [1.54, 1.807) is 18.4 Å². The summed E-state index contributed by atoms with van der Waals surface area (Å²) in [5.74, 6) is 0.751. The predicted octanol–water partition coefficient (Wildman–Crippen LogP) is 1.14. The largest absolute Gasteiger partial charge is 1.00 e. The Balaban J connectivity index is 0.00000210. The van der Waals surface area contributed by atoms with Gasteiger partial charge >= 0.3 is 4.96 Å². The molecule has 0 unspecified atom stereocenters. The van der Waals surface area contributed by atoms with Crippen LogP contribution in [0.5, 0.6) is 5.75 Å².